The van der Waals surface area contributed by atoms with Crippen LogP contribution in [0, 0.1) is 0 Å². The Bertz CT molecular complexity index is 340. The van der Waals surface area contributed by atoms with E-state index < -0.39 is 0 Å². The van der Waals surface area contributed by atoms with E-state index in [2.05, 4.69) is 25.5 Å². The second-order valence-corrected chi connectivity index (χ2v) is 4.43. The first kappa shape index (κ1) is 13.8. The Hall–Kier alpha value is -1.26. The van der Waals surface area contributed by atoms with Crippen molar-refractivity contribution < 1.29 is 19.7 Å². The maximum Gasteiger partial charge on any atom is 0.161 e. The lowest BCUT2D eigenvalue weighted by Crippen LogP contribution is -3.09. The van der Waals surface area contributed by atoms with Crippen molar-refractivity contribution in [3.8, 4) is 11.5 Å². The quantitative estimate of drug-likeness (QED) is 0.595. The predicted molar refractivity (Wildman–Crippen MR) is 67.7 cm³/mol. The summed E-state index contributed by atoms with van der Waals surface area (Å²) in [6, 6.07) is 6.08. The summed E-state index contributed by atoms with van der Waals surface area (Å²) < 4.78 is 10.5. The number of ether oxygens (including phenoxy) is 2. The van der Waals surface area contributed by atoms with Crippen molar-refractivity contribution in [1.29, 1.82) is 0 Å². The van der Waals surface area contributed by atoms with E-state index in [1.807, 2.05) is 12.1 Å². The molecule has 0 spiro atoms. The fraction of sp³-hybridized carbons (Fsp3) is 0.538. The molecule has 0 aromatic heterocycles. The van der Waals surface area contributed by atoms with E-state index in [1.165, 1.54) is 17.0 Å². The van der Waals surface area contributed by atoms with Crippen LogP contribution in [0.4, 0.5) is 0 Å². The van der Waals surface area contributed by atoms with Crippen LogP contribution in [0.25, 0.3) is 0 Å². The third-order valence-electron chi connectivity index (χ3n) is 2.68. The molecule has 1 aromatic carbocycles. The van der Waals surface area contributed by atoms with Crippen LogP contribution < -0.4 is 19.7 Å². The summed E-state index contributed by atoms with van der Waals surface area (Å²) in [5.41, 5.74) is 1.26. The van der Waals surface area contributed by atoms with Crippen molar-refractivity contribution in [2.45, 2.75) is 6.54 Å². The summed E-state index contributed by atoms with van der Waals surface area (Å²) in [6.45, 7) is 3.29. The molecule has 4 nitrogen and oxygen atoms in total. The van der Waals surface area contributed by atoms with E-state index in [4.69, 9.17) is 9.47 Å². The second kappa shape index (κ2) is 7.14. The first-order valence-electron chi connectivity index (χ1n) is 5.99. The molecule has 0 saturated carbocycles. The number of rotatable bonds is 7. The highest BCUT2D eigenvalue weighted by molar-refractivity contribution is 5.42. The van der Waals surface area contributed by atoms with Crippen LogP contribution in [0.2, 0.25) is 0 Å². The van der Waals surface area contributed by atoms with Crippen LogP contribution in [0.5, 0.6) is 11.5 Å². The number of likely N-dealkylation sites (N-methyl/N-ethyl adjacent to an activating group) is 1. The molecular weight excluding hydrogens is 216 g/mol. The molecule has 96 valence electrons. The van der Waals surface area contributed by atoms with Gasteiger partial charge in [-0.25, -0.2) is 0 Å². The van der Waals surface area contributed by atoms with Crippen molar-refractivity contribution in [3.05, 3.63) is 23.8 Å². The molecule has 3 N–H and O–H groups in total. The fourth-order valence-corrected chi connectivity index (χ4v) is 1.67. The van der Waals surface area contributed by atoms with Crippen LogP contribution in [0.3, 0.4) is 0 Å². The molecule has 0 aliphatic heterocycles. The van der Waals surface area contributed by atoms with Crippen molar-refractivity contribution in [2.75, 3.05) is 41.4 Å². The Balaban J connectivity index is 2.48. The Morgan fingerprint density at radius 2 is 1.82 bits per heavy atom. The largest absolute Gasteiger partial charge is 0.493 e. The van der Waals surface area contributed by atoms with Gasteiger partial charge in [0.05, 0.1) is 28.3 Å². The first-order chi connectivity index (χ1) is 8.17. The van der Waals surface area contributed by atoms with Gasteiger partial charge in [0.15, 0.2) is 11.5 Å². The molecule has 17 heavy (non-hydrogen) atoms. The lowest BCUT2D eigenvalue weighted by molar-refractivity contribution is -0.875. The van der Waals surface area contributed by atoms with Gasteiger partial charge in [-0.3, -0.25) is 0 Å². The molecule has 1 aromatic rings. The molecule has 0 amide bonds. The van der Waals surface area contributed by atoms with E-state index in [-0.39, 0.29) is 0 Å². The smallest absolute Gasteiger partial charge is 0.161 e. The maximum atomic E-state index is 5.28. The van der Waals surface area contributed by atoms with Gasteiger partial charge >= 0.3 is 0 Å². The number of hydrogen-bond acceptors (Lipinski definition) is 2. The SMILES string of the molecule is COc1ccc(C[NH2+]CC[NH+](C)C)cc1OC. The number of methoxy groups -OCH3 is 2. The Labute approximate surface area is 104 Å². The predicted octanol–water partition coefficient (Wildman–Crippen LogP) is -1.09. The number of nitrogens with one attached hydrogen (secondary N) is 1. The van der Waals surface area contributed by atoms with Crippen LogP contribution in [-0.4, -0.2) is 41.4 Å². The minimum atomic E-state index is 0.786. The highest BCUT2D eigenvalue weighted by Gasteiger charge is 2.05. The normalized spacial score (nSPS) is 10.6. The lowest BCUT2D eigenvalue weighted by Gasteiger charge is -2.09. The van der Waals surface area contributed by atoms with E-state index in [1.54, 1.807) is 14.2 Å². The zero-order chi connectivity index (χ0) is 12.7. The van der Waals surface area contributed by atoms with Gasteiger partial charge < -0.3 is 19.7 Å². The average molecular weight is 240 g/mol. The minimum Gasteiger partial charge on any atom is -0.493 e. The van der Waals surface area contributed by atoms with Gasteiger partial charge in [0.2, 0.25) is 0 Å². The summed E-state index contributed by atoms with van der Waals surface area (Å²) in [7, 11) is 7.67. The number of nitrogens with two attached hydrogens (primary N) is 1. The molecule has 0 unspecified atom stereocenters. The highest BCUT2D eigenvalue weighted by Crippen LogP contribution is 2.26. The van der Waals surface area contributed by atoms with E-state index in [0.29, 0.717) is 0 Å². The van der Waals surface area contributed by atoms with Gasteiger partial charge in [0, 0.05) is 5.56 Å². The molecule has 0 radical (unpaired) electrons. The topological polar surface area (TPSA) is 39.5 Å². The zero-order valence-corrected chi connectivity index (χ0v) is 11.2. The third kappa shape index (κ3) is 4.63. The molecule has 0 aliphatic rings. The Morgan fingerprint density at radius 1 is 1.12 bits per heavy atom. The highest BCUT2D eigenvalue weighted by atomic mass is 16.5. The molecule has 0 bridgehead atoms. The number of hydrogen-bond donors (Lipinski definition) is 2. The zero-order valence-electron chi connectivity index (χ0n) is 11.2. The minimum absolute atomic E-state index is 0.786. The van der Waals surface area contributed by atoms with Crippen LogP contribution in [0.15, 0.2) is 18.2 Å². The molecule has 1 rings (SSSR count). The van der Waals surface area contributed by atoms with Gasteiger partial charge in [0.25, 0.3) is 0 Å². The molecule has 0 saturated heterocycles. The number of quaternary nitrogens is 2. The monoisotopic (exact) mass is 240 g/mol. The molecule has 0 atom stereocenters. The van der Waals surface area contributed by atoms with Crippen molar-refractivity contribution in [2.24, 2.45) is 0 Å². The van der Waals surface area contributed by atoms with Crippen molar-refractivity contribution >= 4 is 0 Å². The van der Waals surface area contributed by atoms with Crippen LogP contribution in [-0.2, 0) is 6.54 Å². The van der Waals surface area contributed by atoms with Crippen molar-refractivity contribution in [3.63, 3.8) is 0 Å². The molecule has 4 heteroatoms. The van der Waals surface area contributed by atoms with E-state index in [0.717, 1.165) is 24.6 Å². The van der Waals surface area contributed by atoms with E-state index in [9.17, 15) is 0 Å². The molecule has 0 fully saturated rings. The summed E-state index contributed by atoms with van der Waals surface area (Å²) >= 11 is 0. The first-order valence-corrected chi connectivity index (χ1v) is 5.99. The molecular formula is C13H24N2O2+2. The van der Waals surface area contributed by atoms with Gasteiger partial charge in [-0.2, -0.15) is 0 Å². The standard InChI is InChI=1S/C13H22N2O2/c1-15(2)8-7-14-10-11-5-6-12(16-3)13(9-11)17-4/h5-6,9,14H,7-8,10H2,1-4H3/p+2. The van der Waals surface area contributed by atoms with Gasteiger partial charge in [-0.15, -0.1) is 0 Å². The number of benzene rings is 1. The van der Waals surface area contributed by atoms with Gasteiger partial charge in [-0.1, -0.05) is 0 Å². The summed E-state index contributed by atoms with van der Waals surface area (Å²) in [5.74, 6) is 1.59. The lowest BCUT2D eigenvalue weighted by atomic mass is 10.2. The third-order valence-corrected chi connectivity index (χ3v) is 2.68. The summed E-state index contributed by atoms with van der Waals surface area (Å²) in [6.07, 6.45) is 0. The Kier molecular flexibility index (Phi) is 5.80. The van der Waals surface area contributed by atoms with Crippen LogP contribution >= 0.6 is 0 Å². The maximum absolute atomic E-state index is 5.28. The van der Waals surface area contributed by atoms with Crippen molar-refractivity contribution in [1.82, 2.24) is 0 Å². The van der Waals surface area contributed by atoms with Gasteiger partial charge in [0.1, 0.15) is 19.6 Å². The van der Waals surface area contributed by atoms with Gasteiger partial charge in [-0.05, 0) is 18.2 Å². The van der Waals surface area contributed by atoms with E-state index >= 15 is 0 Å². The summed E-state index contributed by atoms with van der Waals surface area (Å²) in [5, 5.41) is 2.31. The average Bonchev–Trinajstić information content (AvgIpc) is 2.34. The fourth-order valence-electron chi connectivity index (χ4n) is 1.67. The molecule has 0 aliphatic carbocycles. The van der Waals surface area contributed by atoms with Crippen LogP contribution in [0.1, 0.15) is 5.56 Å². The summed E-state index contributed by atoms with van der Waals surface area (Å²) in [4.78, 5) is 1.48. The molecule has 0 heterocycles. The Morgan fingerprint density at radius 3 is 2.41 bits per heavy atom. The second-order valence-electron chi connectivity index (χ2n) is 4.43.